The number of carbonyl (C=O) groups is 4. The van der Waals surface area contributed by atoms with Crippen molar-refractivity contribution in [2.75, 3.05) is 19.6 Å². The van der Waals surface area contributed by atoms with Crippen LogP contribution in [0.3, 0.4) is 0 Å². The molecule has 0 saturated carbocycles. The second kappa shape index (κ2) is 20.2. The summed E-state index contributed by atoms with van der Waals surface area (Å²) in [4.78, 5) is 48.9. The van der Waals surface area contributed by atoms with Gasteiger partial charge in [0.05, 0.1) is 6.04 Å². The summed E-state index contributed by atoms with van der Waals surface area (Å²) in [6, 6.07) is 15.1. The number of halogens is 3. The van der Waals surface area contributed by atoms with E-state index in [0.717, 1.165) is 36.8 Å². The molecule has 12 heteroatoms. The summed E-state index contributed by atoms with van der Waals surface area (Å²) in [5.41, 5.74) is 10.8. The van der Waals surface area contributed by atoms with Crippen LogP contribution < -0.4 is 27.0 Å². The van der Waals surface area contributed by atoms with Gasteiger partial charge in [-0.05, 0) is 68.2 Å². The summed E-state index contributed by atoms with van der Waals surface area (Å²) >= 11 is 0. The zero-order chi connectivity index (χ0) is 33.1. The molecule has 0 aliphatic carbocycles. The van der Waals surface area contributed by atoms with E-state index in [2.05, 4.69) is 22.9 Å². The molecule has 2 atom stereocenters. The van der Waals surface area contributed by atoms with Crippen LogP contribution in [-0.4, -0.2) is 61.5 Å². The number of alkyl halides is 3. The minimum Gasteiger partial charge on any atom is -0.354 e. The Labute approximate surface area is 263 Å². The first-order valence-corrected chi connectivity index (χ1v) is 15.6. The quantitative estimate of drug-likeness (QED) is 0.154. The predicted molar refractivity (Wildman–Crippen MR) is 167 cm³/mol. The van der Waals surface area contributed by atoms with E-state index >= 15 is 0 Å². The molecule has 9 nitrogen and oxygen atoms in total. The molecule has 2 aromatic rings. The van der Waals surface area contributed by atoms with Crippen LogP contribution in [0.4, 0.5) is 13.2 Å². The van der Waals surface area contributed by atoms with E-state index in [9.17, 15) is 32.3 Å². The number of carbonyl (C=O) groups excluding carboxylic acids is 4. The molecule has 0 bridgehead atoms. The van der Waals surface area contributed by atoms with Gasteiger partial charge in [-0.3, -0.25) is 19.2 Å². The van der Waals surface area contributed by atoms with Gasteiger partial charge < -0.3 is 21.3 Å². The Kier molecular flexibility index (Phi) is 16.7. The molecule has 0 saturated heterocycles. The lowest BCUT2D eigenvalue weighted by molar-refractivity contribution is -0.173. The monoisotopic (exact) mass is 632 g/mol. The molecule has 0 aliphatic heterocycles. The van der Waals surface area contributed by atoms with Gasteiger partial charge in [-0.15, -0.1) is 0 Å². The molecule has 0 aromatic heterocycles. The minimum atomic E-state index is -4.96. The van der Waals surface area contributed by atoms with Crippen LogP contribution in [0.15, 0.2) is 54.6 Å². The van der Waals surface area contributed by atoms with E-state index in [1.807, 2.05) is 42.5 Å². The van der Waals surface area contributed by atoms with Gasteiger partial charge in [0.15, 0.2) is 0 Å². The van der Waals surface area contributed by atoms with Crippen LogP contribution >= 0.6 is 0 Å². The van der Waals surface area contributed by atoms with Crippen LogP contribution in [0.5, 0.6) is 0 Å². The number of rotatable bonds is 20. The van der Waals surface area contributed by atoms with Gasteiger partial charge in [-0.2, -0.15) is 13.2 Å². The largest absolute Gasteiger partial charge is 0.471 e. The summed E-state index contributed by atoms with van der Waals surface area (Å²) in [7, 11) is 0. The third kappa shape index (κ3) is 14.6. The summed E-state index contributed by atoms with van der Waals surface area (Å²) in [5, 5.41) is 10.0. The van der Waals surface area contributed by atoms with Gasteiger partial charge in [-0.1, -0.05) is 68.7 Å². The number of hydrogen-bond donors (Lipinski definition) is 4. The van der Waals surface area contributed by atoms with Crippen molar-refractivity contribution in [1.82, 2.24) is 27.0 Å². The van der Waals surface area contributed by atoms with Crippen molar-refractivity contribution < 1.29 is 32.3 Å². The number of hydrogen-bond acceptors (Lipinski definition) is 4. The molecule has 247 valence electrons. The Morgan fingerprint density at radius 3 is 1.91 bits per heavy atom. The highest BCUT2D eigenvalue weighted by Gasteiger charge is 2.38. The standard InChI is InChI=1S/C33H45F3N5O4/c1-2-3-4-10-21-39-31(44)28(16-9-12-23-40-32(45)33(34,35)36)41-30(43)27(37)15-8-11-22-38-29(42)26-19-17-25(18-20-26)24-13-6-5-7-14-24/h5-7,13-14,17-20,27-28,37H,2-4,8-12,15-16,21-23H2,1H3,(H,38,42)(H,39,44)(H,40,45)(H,41,43). The Hall–Kier alpha value is -3.93. The molecule has 5 N–H and O–H groups in total. The molecular weight excluding hydrogens is 587 g/mol. The Bertz CT molecular complexity index is 1190. The van der Waals surface area contributed by atoms with E-state index < -0.39 is 36.0 Å². The lowest BCUT2D eigenvalue weighted by Gasteiger charge is -2.21. The smallest absolute Gasteiger partial charge is 0.354 e. The lowest BCUT2D eigenvalue weighted by atomic mass is 10.0. The Morgan fingerprint density at radius 2 is 1.27 bits per heavy atom. The minimum absolute atomic E-state index is 0.152. The maximum atomic E-state index is 12.8. The third-order valence-electron chi connectivity index (χ3n) is 7.20. The fraction of sp³-hybridized carbons (Fsp3) is 0.515. The third-order valence-corrected chi connectivity index (χ3v) is 7.20. The van der Waals surface area contributed by atoms with Crippen molar-refractivity contribution in [2.24, 2.45) is 0 Å². The molecule has 0 heterocycles. The van der Waals surface area contributed by atoms with Crippen molar-refractivity contribution >= 4 is 23.6 Å². The highest BCUT2D eigenvalue weighted by molar-refractivity contribution is 5.94. The molecule has 0 aliphatic rings. The maximum Gasteiger partial charge on any atom is 0.471 e. The average molecular weight is 633 g/mol. The summed E-state index contributed by atoms with van der Waals surface area (Å²) in [6.45, 7) is 2.66. The second-order valence-corrected chi connectivity index (χ2v) is 10.9. The summed E-state index contributed by atoms with van der Waals surface area (Å²) < 4.78 is 37.1. The zero-order valence-corrected chi connectivity index (χ0v) is 25.8. The highest BCUT2D eigenvalue weighted by Crippen LogP contribution is 2.19. The van der Waals surface area contributed by atoms with E-state index in [4.69, 9.17) is 5.73 Å². The molecule has 2 unspecified atom stereocenters. The van der Waals surface area contributed by atoms with Gasteiger partial charge in [-0.25, -0.2) is 5.73 Å². The summed E-state index contributed by atoms with van der Waals surface area (Å²) in [6.07, 6.45) is 0.741. The van der Waals surface area contributed by atoms with Crippen molar-refractivity contribution in [3.63, 3.8) is 0 Å². The molecular formula is C33H45F3N5O4. The van der Waals surface area contributed by atoms with E-state index in [1.165, 1.54) is 0 Å². The van der Waals surface area contributed by atoms with E-state index in [1.54, 1.807) is 17.4 Å². The lowest BCUT2D eigenvalue weighted by Crippen LogP contribution is -2.50. The van der Waals surface area contributed by atoms with Crippen LogP contribution in [0.2, 0.25) is 0 Å². The first-order chi connectivity index (χ1) is 21.5. The molecule has 2 aromatic carbocycles. The summed E-state index contributed by atoms with van der Waals surface area (Å²) in [5.74, 6) is -3.26. The molecule has 0 spiro atoms. The Balaban J connectivity index is 1.75. The van der Waals surface area contributed by atoms with Crippen molar-refractivity contribution in [3.8, 4) is 11.1 Å². The van der Waals surface area contributed by atoms with E-state index in [0.29, 0.717) is 31.5 Å². The zero-order valence-electron chi connectivity index (χ0n) is 25.8. The molecule has 1 radical (unpaired) electrons. The van der Waals surface area contributed by atoms with Gasteiger partial charge in [0.1, 0.15) is 6.04 Å². The van der Waals surface area contributed by atoms with Crippen molar-refractivity contribution in [1.29, 1.82) is 0 Å². The van der Waals surface area contributed by atoms with Gasteiger partial charge in [0, 0.05) is 25.2 Å². The van der Waals surface area contributed by atoms with Crippen LogP contribution in [0.25, 0.3) is 11.1 Å². The maximum absolute atomic E-state index is 12.8. The molecule has 2 rings (SSSR count). The fourth-order valence-electron chi connectivity index (χ4n) is 4.56. The van der Waals surface area contributed by atoms with Crippen molar-refractivity contribution in [2.45, 2.75) is 89.4 Å². The highest BCUT2D eigenvalue weighted by atomic mass is 19.4. The normalized spacial score (nSPS) is 12.6. The second-order valence-electron chi connectivity index (χ2n) is 10.9. The van der Waals surface area contributed by atoms with E-state index in [-0.39, 0.29) is 38.1 Å². The topological polar surface area (TPSA) is 140 Å². The number of amides is 4. The van der Waals surface area contributed by atoms with Gasteiger partial charge >= 0.3 is 12.1 Å². The number of nitrogens with one attached hydrogen (secondary N) is 5. The van der Waals surface area contributed by atoms with Crippen LogP contribution in [0, 0.1) is 0 Å². The fourth-order valence-corrected chi connectivity index (χ4v) is 4.56. The van der Waals surface area contributed by atoms with Crippen LogP contribution in [0.1, 0.15) is 81.5 Å². The molecule has 4 amide bonds. The van der Waals surface area contributed by atoms with Crippen LogP contribution in [-0.2, 0) is 14.4 Å². The molecule has 45 heavy (non-hydrogen) atoms. The molecule has 0 fully saturated rings. The SMILES string of the molecule is CCCCCCNC(=O)C(CCCCNC(=O)C(F)(F)F)NC(=O)C([NH])CCCCNC(=O)c1ccc(-c2ccccc2)cc1. The number of unbranched alkanes of at least 4 members (excludes halogenated alkanes) is 5. The van der Waals surface area contributed by atoms with Crippen molar-refractivity contribution in [3.05, 3.63) is 60.2 Å². The van der Waals surface area contributed by atoms with Gasteiger partial charge in [0.25, 0.3) is 5.91 Å². The first kappa shape index (κ1) is 37.3. The van der Waals surface area contributed by atoms with Gasteiger partial charge in [0.2, 0.25) is 11.8 Å². The Morgan fingerprint density at radius 1 is 0.689 bits per heavy atom. The average Bonchev–Trinajstić information content (AvgIpc) is 3.03. The first-order valence-electron chi connectivity index (χ1n) is 15.6. The number of benzene rings is 2. The predicted octanol–water partition coefficient (Wildman–Crippen LogP) is 4.94.